The van der Waals surface area contributed by atoms with Crippen LogP contribution in [0, 0.1) is 0 Å². The first-order valence-corrected chi connectivity index (χ1v) is 9.28. The van der Waals surface area contributed by atoms with Gasteiger partial charge in [0.1, 0.15) is 0 Å². The topological polar surface area (TPSA) is 55.9 Å². The maximum atomic E-state index is 5.73. The SMILES string of the molecule is CCc1nn(C)c(CC(NN)c2cc(Br)c(Br)s2)c1Br. The standard InChI is InChI=1S/C12H15Br3N4S/c1-3-7-11(14)9(19(2)18-7)5-8(17-16)10-4-6(13)12(15)20-10/h4,8,17H,3,5,16H2,1-2H3. The molecule has 0 fully saturated rings. The van der Waals surface area contributed by atoms with E-state index >= 15 is 0 Å². The molecule has 2 heterocycles. The van der Waals surface area contributed by atoms with Crippen molar-refractivity contribution in [2.24, 2.45) is 12.9 Å². The van der Waals surface area contributed by atoms with Crippen LogP contribution < -0.4 is 11.3 Å². The van der Waals surface area contributed by atoms with E-state index in [1.165, 1.54) is 4.88 Å². The molecule has 3 N–H and O–H groups in total. The molecule has 1 atom stereocenters. The molecule has 1 unspecified atom stereocenters. The summed E-state index contributed by atoms with van der Waals surface area (Å²) in [5.41, 5.74) is 5.12. The van der Waals surface area contributed by atoms with E-state index in [-0.39, 0.29) is 6.04 Å². The highest BCUT2D eigenvalue weighted by molar-refractivity contribution is 9.13. The average Bonchev–Trinajstić information content (AvgIpc) is 2.88. The third-order valence-electron chi connectivity index (χ3n) is 3.11. The summed E-state index contributed by atoms with van der Waals surface area (Å²) in [5, 5.41) is 4.52. The monoisotopic (exact) mass is 484 g/mol. The van der Waals surface area contributed by atoms with Gasteiger partial charge in [-0.2, -0.15) is 5.10 Å². The molecule has 110 valence electrons. The van der Waals surface area contributed by atoms with Crippen LogP contribution in [0.25, 0.3) is 0 Å². The molecule has 2 rings (SSSR count). The van der Waals surface area contributed by atoms with Crippen LogP contribution in [0.4, 0.5) is 0 Å². The summed E-state index contributed by atoms with van der Waals surface area (Å²) in [5.74, 6) is 5.73. The van der Waals surface area contributed by atoms with Crippen LogP contribution in [0.15, 0.2) is 18.8 Å². The molecule has 0 radical (unpaired) electrons. The van der Waals surface area contributed by atoms with Crippen molar-refractivity contribution in [2.75, 3.05) is 0 Å². The molecule has 4 nitrogen and oxygen atoms in total. The van der Waals surface area contributed by atoms with Gasteiger partial charge in [0.25, 0.3) is 0 Å². The van der Waals surface area contributed by atoms with Gasteiger partial charge in [0.05, 0.1) is 25.7 Å². The van der Waals surface area contributed by atoms with Crippen molar-refractivity contribution >= 4 is 59.1 Å². The number of rotatable bonds is 5. The Kier molecular flexibility index (Phi) is 5.84. The Bertz CT molecular complexity index is 589. The fourth-order valence-electron chi connectivity index (χ4n) is 2.01. The van der Waals surface area contributed by atoms with Gasteiger partial charge in [-0.05, 0) is 60.3 Å². The van der Waals surface area contributed by atoms with Gasteiger partial charge in [-0.3, -0.25) is 16.0 Å². The first-order chi connectivity index (χ1) is 9.47. The van der Waals surface area contributed by atoms with Crippen molar-refractivity contribution in [3.8, 4) is 0 Å². The van der Waals surface area contributed by atoms with E-state index < -0.39 is 0 Å². The second-order valence-electron chi connectivity index (χ2n) is 4.38. The zero-order valence-corrected chi connectivity index (χ0v) is 16.7. The molecule has 0 aliphatic rings. The Hall–Kier alpha value is 0.270. The molecule has 0 saturated carbocycles. The highest BCUT2D eigenvalue weighted by atomic mass is 79.9. The molecule has 0 spiro atoms. The van der Waals surface area contributed by atoms with Crippen LogP contribution in [0.1, 0.15) is 29.2 Å². The molecule has 0 aliphatic heterocycles. The third kappa shape index (κ3) is 3.36. The molecule has 0 aliphatic carbocycles. The minimum Gasteiger partial charge on any atom is -0.271 e. The number of hydrogen-bond acceptors (Lipinski definition) is 4. The molecule has 0 amide bonds. The highest BCUT2D eigenvalue weighted by Gasteiger charge is 2.20. The van der Waals surface area contributed by atoms with Gasteiger partial charge in [-0.1, -0.05) is 6.92 Å². The number of aromatic nitrogens is 2. The molecule has 0 saturated heterocycles. The molecule has 2 aromatic rings. The Balaban J connectivity index is 2.29. The lowest BCUT2D eigenvalue weighted by molar-refractivity contribution is 0.536. The van der Waals surface area contributed by atoms with Crippen LogP contribution in [-0.4, -0.2) is 9.78 Å². The van der Waals surface area contributed by atoms with Crippen molar-refractivity contribution in [1.82, 2.24) is 15.2 Å². The third-order valence-corrected chi connectivity index (χ3v) is 7.39. The number of nitrogens with zero attached hydrogens (tertiary/aromatic N) is 2. The lowest BCUT2D eigenvalue weighted by Gasteiger charge is -2.14. The number of halogens is 3. The van der Waals surface area contributed by atoms with Crippen molar-refractivity contribution in [1.29, 1.82) is 0 Å². The van der Waals surface area contributed by atoms with E-state index in [1.807, 2.05) is 11.7 Å². The van der Waals surface area contributed by atoms with Crippen LogP contribution in [0.2, 0.25) is 0 Å². The summed E-state index contributed by atoms with van der Waals surface area (Å²) >= 11 is 12.3. The molecule has 2 aromatic heterocycles. The van der Waals surface area contributed by atoms with Crippen LogP contribution in [0.5, 0.6) is 0 Å². The maximum Gasteiger partial charge on any atom is 0.0843 e. The van der Waals surface area contributed by atoms with E-state index in [2.05, 4.69) is 71.3 Å². The number of thiophene rings is 1. The van der Waals surface area contributed by atoms with Gasteiger partial charge in [0.15, 0.2) is 0 Å². The van der Waals surface area contributed by atoms with Gasteiger partial charge in [-0.25, -0.2) is 0 Å². The van der Waals surface area contributed by atoms with E-state index in [0.717, 1.165) is 37.0 Å². The average molecular weight is 487 g/mol. The van der Waals surface area contributed by atoms with E-state index in [4.69, 9.17) is 5.84 Å². The van der Waals surface area contributed by atoms with Crippen molar-refractivity contribution < 1.29 is 0 Å². The quantitative estimate of drug-likeness (QED) is 0.494. The predicted molar refractivity (Wildman–Crippen MR) is 93.8 cm³/mol. The Morgan fingerprint density at radius 1 is 1.45 bits per heavy atom. The highest BCUT2D eigenvalue weighted by Crippen LogP contribution is 2.37. The maximum absolute atomic E-state index is 5.73. The Labute approximate surface area is 147 Å². The first-order valence-electron chi connectivity index (χ1n) is 6.09. The fraction of sp³-hybridized carbons (Fsp3) is 0.417. The van der Waals surface area contributed by atoms with Crippen molar-refractivity contribution in [3.63, 3.8) is 0 Å². The van der Waals surface area contributed by atoms with Gasteiger partial charge in [0.2, 0.25) is 0 Å². The molecular weight excluding hydrogens is 472 g/mol. The van der Waals surface area contributed by atoms with Gasteiger partial charge < -0.3 is 0 Å². The molecular formula is C12H15Br3N4S. The largest absolute Gasteiger partial charge is 0.271 e. The Morgan fingerprint density at radius 2 is 2.15 bits per heavy atom. The number of nitrogens with one attached hydrogen (secondary N) is 1. The molecule has 0 bridgehead atoms. The summed E-state index contributed by atoms with van der Waals surface area (Å²) in [6, 6.07) is 2.14. The zero-order chi connectivity index (χ0) is 14.9. The van der Waals surface area contributed by atoms with Crippen molar-refractivity contribution in [3.05, 3.63) is 35.1 Å². The van der Waals surface area contributed by atoms with Gasteiger partial charge in [-0.15, -0.1) is 11.3 Å². The summed E-state index contributed by atoms with van der Waals surface area (Å²) in [6.45, 7) is 2.10. The Morgan fingerprint density at radius 3 is 2.60 bits per heavy atom. The summed E-state index contributed by atoms with van der Waals surface area (Å²) < 4.78 is 5.13. The van der Waals surface area contributed by atoms with Gasteiger partial charge in [0, 0.05) is 22.8 Å². The lowest BCUT2D eigenvalue weighted by Crippen LogP contribution is -2.29. The van der Waals surface area contributed by atoms with Gasteiger partial charge >= 0.3 is 0 Å². The van der Waals surface area contributed by atoms with Crippen molar-refractivity contribution in [2.45, 2.75) is 25.8 Å². The number of nitrogens with two attached hydrogens (primary N) is 1. The molecule has 0 aromatic carbocycles. The van der Waals surface area contributed by atoms with E-state index in [9.17, 15) is 0 Å². The number of hydrazine groups is 1. The first kappa shape index (κ1) is 16.6. The van der Waals surface area contributed by atoms with Crippen LogP contribution in [0.3, 0.4) is 0 Å². The van der Waals surface area contributed by atoms with E-state index in [0.29, 0.717) is 0 Å². The number of hydrogen-bond donors (Lipinski definition) is 2. The zero-order valence-electron chi connectivity index (χ0n) is 11.1. The second-order valence-corrected chi connectivity index (χ2v) is 8.43. The van der Waals surface area contributed by atoms with Crippen LogP contribution in [-0.2, 0) is 19.9 Å². The summed E-state index contributed by atoms with van der Waals surface area (Å²) in [6.07, 6.45) is 1.69. The molecule has 20 heavy (non-hydrogen) atoms. The normalized spacial score (nSPS) is 12.9. The smallest absolute Gasteiger partial charge is 0.0843 e. The minimum absolute atomic E-state index is 0.0546. The molecule has 8 heteroatoms. The summed E-state index contributed by atoms with van der Waals surface area (Å²) in [7, 11) is 1.97. The van der Waals surface area contributed by atoms with E-state index in [1.54, 1.807) is 11.3 Å². The minimum atomic E-state index is 0.0546. The second kappa shape index (κ2) is 7.02. The summed E-state index contributed by atoms with van der Waals surface area (Å²) in [4.78, 5) is 1.18. The lowest BCUT2D eigenvalue weighted by atomic mass is 10.1. The van der Waals surface area contributed by atoms with Crippen LogP contribution >= 0.6 is 59.1 Å². The predicted octanol–water partition coefficient (Wildman–Crippen LogP) is 4.08. The fourth-order valence-corrected chi connectivity index (χ4v) is 4.94. The number of aryl methyl sites for hydroxylation is 2.